The Bertz CT molecular complexity index is 359. The van der Waals surface area contributed by atoms with Crippen molar-refractivity contribution >= 4 is 0 Å². The highest BCUT2D eigenvalue weighted by Crippen LogP contribution is 2.52. The third-order valence-corrected chi connectivity index (χ3v) is 4.16. The first-order chi connectivity index (χ1) is 7.25. The average molecular weight is 206 g/mol. The van der Waals surface area contributed by atoms with E-state index in [1.807, 2.05) is 12.1 Å². The normalized spacial score (nSPS) is 38.5. The van der Waals surface area contributed by atoms with Gasteiger partial charge in [0.05, 0.1) is 6.10 Å². The first-order valence-corrected chi connectivity index (χ1v) is 5.69. The Morgan fingerprint density at radius 3 is 2.40 bits per heavy atom. The van der Waals surface area contributed by atoms with Crippen molar-refractivity contribution in [2.75, 3.05) is 0 Å². The summed E-state index contributed by atoms with van der Waals surface area (Å²) in [5.41, 5.74) is 1.20. The summed E-state index contributed by atoms with van der Waals surface area (Å²) in [6.45, 7) is 0. The number of rotatable bonds is 1. The predicted molar refractivity (Wildman–Crippen MR) is 56.0 cm³/mol. The molecule has 4 atom stereocenters. The van der Waals surface area contributed by atoms with E-state index in [0.717, 1.165) is 12.8 Å². The molecule has 0 aromatic heterocycles. The molecule has 2 heteroatoms. The van der Waals surface area contributed by atoms with E-state index in [1.165, 1.54) is 24.1 Å². The SMILES string of the molecule is O[C@H]1[C@@H]2CC[C@H]1[C@@H](c1ccc(F)cc1)C2. The first-order valence-electron chi connectivity index (χ1n) is 5.69. The number of halogens is 1. The molecular weight excluding hydrogens is 191 g/mol. The van der Waals surface area contributed by atoms with Gasteiger partial charge in [-0.1, -0.05) is 12.1 Å². The molecule has 0 radical (unpaired) electrons. The quantitative estimate of drug-likeness (QED) is 0.749. The van der Waals surface area contributed by atoms with Crippen molar-refractivity contribution in [2.24, 2.45) is 11.8 Å². The molecule has 2 bridgehead atoms. The fourth-order valence-corrected chi connectivity index (χ4v) is 3.39. The van der Waals surface area contributed by atoms with Crippen molar-refractivity contribution in [3.63, 3.8) is 0 Å². The second-order valence-electron chi connectivity index (χ2n) is 4.89. The molecule has 1 N–H and O–H groups in total. The molecule has 1 nitrogen and oxygen atoms in total. The Morgan fingerprint density at radius 1 is 1.13 bits per heavy atom. The molecular formula is C13H15FO. The molecule has 15 heavy (non-hydrogen) atoms. The lowest BCUT2D eigenvalue weighted by Crippen LogP contribution is -2.14. The Hall–Kier alpha value is -0.890. The van der Waals surface area contributed by atoms with Gasteiger partial charge in [0.15, 0.2) is 0 Å². The second kappa shape index (κ2) is 3.31. The molecule has 0 heterocycles. The Balaban J connectivity index is 1.87. The summed E-state index contributed by atoms with van der Waals surface area (Å²) in [7, 11) is 0. The van der Waals surface area contributed by atoms with Gasteiger partial charge in [0.25, 0.3) is 0 Å². The van der Waals surface area contributed by atoms with E-state index >= 15 is 0 Å². The van der Waals surface area contributed by atoms with Gasteiger partial charge in [0.2, 0.25) is 0 Å². The van der Waals surface area contributed by atoms with Crippen molar-refractivity contribution in [3.8, 4) is 0 Å². The van der Waals surface area contributed by atoms with Gasteiger partial charge in [-0.2, -0.15) is 0 Å². The molecule has 2 aliphatic carbocycles. The van der Waals surface area contributed by atoms with E-state index in [1.54, 1.807) is 0 Å². The van der Waals surface area contributed by atoms with Crippen molar-refractivity contribution in [2.45, 2.75) is 31.3 Å². The molecule has 2 fully saturated rings. The summed E-state index contributed by atoms with van der Waals surface area (Å²) in [6, 6.07) is 6.78. The van der Waals surface area contributed by atoms with Gasteiger partial charge in [-0.25, -0.2) is 4.39 Å². The zero-order valence-corrected chi connectivity index (χ0v) is 8.57. The number of fused-ring (bicyclic) bond motifs is 2. The first kappa shape index (κ1) is 9.34. The van der Waals surface area contributed by atoms with Crippen LogP contribution < -0.4 is 0 Å². The third kappa shape index (κ3) is 1.39. The van der Waals surface area contributed by atoms with Gasteiger partial charge in [-0.05, 0) is 54.7 Å². The molecule has 2 aliphatic rings. The fourth-order valence-electron chi connectivity index (χ4n) is 3.39. The van der Waals surface area contributed by atoms with E-state index in [4.69, 9.17) is 0 Å². The zero-order chi connectivity index (χ0) is 10.4. The van der Waals surface area contributed by atoms with E-state index < -0.39 is 0 Å². The van der Waals surface area contributed by atoms with E-state index in [9.17, 15) is 9.50 Å². The average Bonchev–Trinajstić information content (AvgIpc) is 2.75. The second-order valence-corrected chi connectivity index (χ2v) is 4.89. The van der Waals surface area contributed by atoms with Crippen molar-refractivity contribution in [1.29, 1.82) is 0 Å². The lowest BCUT2D eigenvalue weighted by Gasteiger charge is -2.21. The highest BCUT2D eigenvalue weighted by molar-refractivity contribution is 5.24. The summed E-state index contributed by atoms with van der Waals surface area (Å²) >= 11 is 0. The van der Waals surface area contributed by atoms with E-state index in [-0.39, 0.29) is 11.9 Å². The maximum absolute atomic E-state index is 12.8. The van der Waals surface area contributed by atoms with Crippen LogP contribution in [0.1, 0.15) is 30.7 Å². The summed E-state index contributed by atoms with van der Waals surface area (Å²) in [4.78, 5) is 0. The predicted octanol–water partition coefficient (Wildman–Crippen LogP) is 2.70. The number of hydrogen-bond acceptors (Lipinski definition) is 1. The zero-order valence-electron chi connectivity index (χ0n) is 8.57. The van der Waals surface area contributed by atoms with Crippen LogP contribution >= 0.6 is 0 Å². The van der Waals surface area contributed by atoms with Gasteiger partial charge in [0.1, 0.15) is 5.82 Å². The van der Waals surface area contributed by atoms with E-state index in [2.05, 4.69) is 0 Å². The molecule has 0 amide bonds. The maximum Gasteiger partial charge on any atom is 0.123 e. The Morgan fingerprint density at radius 2 is 1.87 bits per heavy atom. The lowest BCUT2D eigenvalue weighted by molar-refractivity contribution is 0.126. The van der Waals surface area contributed by atoms with Crippen LogP contribution in [0.15, 0.2) is 24.3 Å². The maximum atomic E-state index is 12.8. The smallest absolute Gasteiger partial charge is 0.123 e. The van der Waals surface area contributed by atoms with Gasteiger partial charge >= 0.3 is 0 Å². The van der Waals surface area contributed by atoms with Crippen molar-refractivity contribution in [3.05, 3.63) is 35.6 Å². The molecule has 2 saturated carbocycles. The summed E-state index contributed by atoms with van der Waals surface area (Å²) in [5, 5.41) is 9.94. The minimum Gasteiger partial charge on any atom is -0.393 e. The topological polar surface area (TPSA) is 20.2 Å². The number of aliphatic hydroxyl groups excluding tert-OH is 1. The highest BCUT2D eigenvalue weighted by Gasteiger charge is 2.47. The Labute approximate surface area is 88.9 Å². The monoisotopic (exact) mass is 206 g/mol. The van der Waals surface area contributed by atoms with Crippen molar-refractivity contribution in [1.82, 2.24) is 0 Å². The van der Waals surface area contributed by atoms with Crippen LogP contribution in [0, 0.1) is 17.7 Å². The van der Waals surface area contributed by atoms with Crippen LogP contribution in [0.4, 0.5) is 4.39 Å². The van der Waals surface area contributed by atoms with Gasteiger partial charge in [0, 0.05) is 0 Å². The van der Waals surface area contributed by atoms with Gasteiger partial charge in [-0.3, -0.25) is 0 Å². The lowest BCUT2D eigenvalue weighted by atomic mass is 9.83. The highest BCUT2D eigenvalue weighted by atomic mass is 19.1. The van der Waals surface area contributed by atoms with Crippen molar-refractivity contribution < 1.29 is 9.50 Å². The molecule has 80 valence electrons. The Kier molecular flexibility index (Phi) is 2.06. The number of aliphatic hydroxyl groups is 1. The van der Waals surface area contributed by atoms with Crippen LogP contribution in [0.3, 0.4) is 0 Å². The molecule has 1 aromatic carbocycles. The van der Waals surface area contributed by atoms with Crippen LogP contribution in [0.25, 0.3) is 0 Å². The molecule has 0 spiro atoms. The summed E-state index contributed by atoms with van der Waals surface area (Å²) < 4.78 is 12.8. The molecule has 0 aliphatic heterocycles. The minimum absolute atomic E-state index is 0.111. The summed E-state index contributed by atoms with van der Waals surface area (Å²) in [5.74, 6) is 1.19. The largest absolute Gasteiger partial charge is 0.393 e. The molecule has 0 unspecified atom stereocenters. The summed E-state index contributed by atoms with van der Waals surface area (Å²) in [6.07, 6.45) is 3.27. The standard InChI is InChI=1S/C13H15FO/c14-10-4-1-8(2-5-10)12-7-9-3-6-11(12)13(9)15/h1-2,4-5,9,11-13,15H,3,6-7H2/t9-,11+,12-,13+/m1/s1. The molecule has 1 aromatic rings. The van der Waals surface area contributed by atoms with E-state index in [0.29, 0.717) is 17.8 Å². The molecule has 3 rings (SSSR count). The number of benzene rings is 1. The minimum atomic E-state index is -0.178. The van der Waals surface area contributed by atoms with Gasteiger partial charge < -0.3 is 5.11 Å². The number of hydrogen-bond donors (Lipinski definition) is 1. The third-order valence-electron chi connectivity index (χ3n) is 4.16. The van der Waals surface area contributed by atoms with Crippen LogP contribution in [0.2, 0.25) is 0 Å². The fraction of sp³-hybridized carbons (Fsp3) is 0.538. The molecule has 0 saturated heterocycles. The van der Waals surface area contributed by atoms with Crippen LogP contribution in [-0.2, 0) is 0 Å². The van der Waals surface area contributed by atoms with Gasteiger partial charge in [-0.15, -0.1) is 0 Å². The van der Waals surface area contributed by atoms with Crippen LogP contribution in [0.5, 0.6) is 0 Å². The van der Waals surface area contributed by atoms with Crippen LogP contribution in [-0.4, -0.2) is 11.2 Å².